The number of ether oxygens (including phenoxy) is 2. The molecule has 1 aliphatic rings. The van der Waals surface area contributed by atoms with Crippen LogP contribution in [0.3, 0.4) is 0 Å². The Morgan fingerprint density at radius 1 is 1.20 bits per heavy atom. The molecule has 2 amide bonds. The van der Waals surface area contributed by atoms with Gasteiger partial charge in [0, 0.05) is 11.3 Å². The number of anilines is 1. The summed E-state index contributed by atoms with van der Waals surface area (Å²) in [5.41, 5.74) is 0.781. The molecular formula is C22H22N2O5S. The number of phenols is 1. The van der Waals surface area contributed by atoms with Crippen molar-refractivity contribution in [1.29, 1.82) is 0 Å². The predicted octanol–water partition coefficient (Wildman–Crippen LogP) is 2.90. The summed E-state index contributed by atoms with van der Waals surface area (Å²) in [6.07, 6.45) is 3.50. The van der Waals surface area contributed by atoms with Gasteiger partial charge in [-0.25, -0.2) is 0 Å². The third-order valence-electron chi connectivity index (χ3n) is 4.62. The monoisotopic (exact) mass is 426 g/mol. The van der Waals surface area contributed by atoms with Gasteiger partial charge in [-0.05, 0) is 54.5 Å². The molecule has 2 aromatic carbocycles. The summed E-state index contributed by atoms with van der Waals surface area (Å²) < 4.78 is 10.4. The van der Waals surface area contributed by atoms with Crippen molar-refractivity contribution in [3.63, 3.8) is 0 Å². The fourth-order valence-corrected chi connectivity index (χ4v) is 3.49. The summed E-state index contributed by atoms with van der Waals surface area (Å²) in [6, 6.07) is 10.1. The maximum absolute atomic E-state index is 13.2. The Hall–Kier alpha value is -3.39. The molecule has 0 radical (unpaired) electrons. The lowest BCUT2D eigenvalue weighted by atomic mass is 10.0. The molecule has 1 unspecified atom stereocenters. The number of rotatable bonds is 6. The second-order valence-corrected chi connectivity index (χ2v) is 6.99. The number of nitrogens with zero attached hydrogens (tertiary/aromatic N) is 1. The zero-order chi connectivity index (χ0) is 21.8. The van der Waals surface area contributed by atoms with E-state index < -0.39 is 17.3 Å². The van der Waals surface area contributed by atoms with Crippen LogP contribution in [0.15, 0.2) is 54.6 Å². The van der Waals surface area contributed by atoms with Crippen molar-refractivity contribution in [2.45, 2.75) is 11.9 Å². The molecule has 0 aliphatic carbocycles. The summed E-state index contributed by atoms with van der Waals surface area (Å²) in [5, 5.41) is 12.9. The van der Waals surface area contributed by atoms with E-state index in [2.05, 4.69) is 24.5 Å². The van der Waals surface area contributed by atoms with Crippen LogP contribution in [0.5, 0.6) is 17.2 Å². The SMILES string of the molecule is C=CCc1cc(/C=C2\C(=O)NC(S)N(c3ccc(OC)cc3)C2=O)cc(OC)c1O. The van der Waals surface area contributed by atoms with Crippen LogP contribution in [0.1, 0.15) is 11.1 Å². The highest BCUT2D eigenvalue weighted by Crippen LogP contribution is 2.33. The molecular weight excluding hydrogens is 404 g/mol. The van der Waals surface area contributed by atoms with E-state index in [0.717, 1.165) is 0 Å². The van der Waals surface area contributed by atoms with Gasteiger partial charge in [0.05, 0.1) is 14.2 Å². The van der Waals surface area contributed by atoms with E-state index in [9.17, 15) is 14.7 Å². The molecule has 1 saturated heterocycles. The first-order valence-corrected chi connectivity index (χ1v) is 9.60. The number of nitrogens with one attached hydrogen (secondary N) is 1. The zero-order valence-electron chi connectivity index (χ0n) is 16.6. The van der Waals surface area contributed by atoms with Crippen LogP contribution in [0.4, 0.5) is 5.69 Å². The fraction of sp³-hybridized carbons (Fsp3) is 0.182. The van der Waals surface area contributed by atoms with Crippen molar-refractivity contribution in [2.75, 3.05) is 19.1 Å². The van der Waals surface area contributed by atoms with Crippen LogP contribution in [-0.4, -0.2) is 36.6 Å². The molecule has 1 heterocycles. The number of aromatic hydroxyl groups is 1. The molecule has 1 fully saturated rings. The molecule has 1 aliphatic heterocycles. The van der Waals surface area contributed by atoms with Crippen molar-refractivity contribution in [1.82, 2.24) is 5.32 Å². The summed E-state index contributed by atoms with van der Waals surface area (Å²) in [7, 11) is 2.98. The molecule has 0 saturated carbocycles. The Balaban J connectivity index is 2.02. The topological polar surface area (TPSA) is 88.1 Å². The minimum absolute atomic E-state index is 0.00532. The van der Waals surface area contributed by atoms with Crippen LogP contribution >= 0.6 is 12.6 Å². The first-order chi connectivity index (χ1) is 14.4. The highest BCUT2D eigenvalue weighted by Gasteiger charge is 2.35. The van der Waals surface area contributed by atoms with Crippen LogP contribution in [0, 0.1) is 0 Å². The van der Waals surface area contributed by atoms with E-state index in [0.29, 0.717) is 29.0 Å². The number of methoxy groups -OCH3 is 2. The minimum Gasteiger partial charge on any atom is -0.504 e. The van der Waals surface area contributed by atoms with E-state index in [1.807, 2.05) is 0 Å². The summed E-state index contributed by atoms with van der Waals surface area (Å²) in [4.78, 5) is 27.1. The number of carbonyl (C=O) groups excluding carboxylic acids is 2. The van der Waals surface area contributed by atoms with Gasteiger partial charge in [0.1, 0.15) is 11.3 Å². The van der Waals surface area contributed by atoms with Gasteiger partial charge in [0.2, 0.25) is 0 Å². The zero-order valence-corrected chi connectivity index (χ0v) is 17.5. The molecule has 1 atom stereocenters. The largest absolute Gasteiger partial charge is 0.504 e. The first-order valence-electron chi connectivity index (χ1n) is 9.08. The average Bonchev–Trinajstić information content (AvgIpc) is 2.73. The maximum atomic E-state index is 13.2. The van der Waals surface area contributed by atoms with Gasteiger partial charge in [0.15, 0.2) is 17.0 Å². The smallest absolute Gasteiger partial charge is 0.266 e. The number of carbonyl (C=O) groups is 2. The second kappa shape index (κ2) is 8.96. The molecule has 0 aromatic heterocycles. The number of allylic oxidation sites excluding steroid dienone is 1. The second-order valence-electron chi connectivity index (χ2n) is 6.50. The first kappa shape index (κ1) is 21.3. The minimum atomic E-state index is -0.818. The Kier molecular flexibility index (Phi) is 6.37. The van der Waals surface area contributed by atoms with Crippen molar-refractivity contribution in [3.8, 4) is 17.2 Å². The molecule has 2 N–H and O–H groups in total. The maximum Gasteiger partial charge on any atom is 0.266 e. The van der Waals surface area contributed by atoms with Gasteiger partial charge in [-0.15, -0.1) is 19.2 Å². The standard InChI is InChI=1S/C22H22N2O5S/c1-4-5-14-10-13(12-18(29-3)19(14)25)11-17-20(26)23-22(30)24(21(17)27)15-6-8-16(28-2)9-7-15/h4,6-12,22,25,30H,1,5H2,2-3H3,(H,23,26)/b17-11+. The van der Waals surface area contributed by atoms with Crippen LogP contribution in [-0.2, 0) is 16.0 Å². The highest BCUT2D eigenvalue weighted by molar-refractivity contribution is 7.81. The van der Waals surface area contributed by atoms with Gasteiger partial charge in [0.25, 0.3) is 11.8 Å². The Morgan fingerprint density at radius 2 is 1.90 bits per heavy atom. The molecule has 7 nitrogen and oxygen atoms in total. The lowest BCUT2D eigenvalue weighted by molar-refractivity contribution is -0.124. The highest BCUT2D eigenvalue weighted by atomic mass is 32.1. The van der Waals surface area contributed by atoms with Crippen molar-refractivity contribution >= 4 is 36.2 Å². The molecule has 0 spiro atoms. The molecule has 8 heteroatoms. The summed E-state index contributed by atoms with van der Waals surface area (Å²) >= 11 is 4.34. The number of hydrogen-bond acceptors (Lipinski definition) is 6. The number of benzene rings is 2. The number of hydrogen-bond donors (Lipinski definition) is 3. The van der Waals surface area contributed by atoms with Crippen LogP contribution in [0.25, 0.3) is 6.08 Å². The Morgan fingerprint density at radius 3 is 2.50 bits per heavy atom. The van der Waals surface area contributed by atoms with E-state index in [-0.39, 0.29) is 17.1 Å². The summed E-state index contributed by atoms with van der Waals surface area (Å²) in [5.74, 6) is -0.161. The molecule has 2 aromatic rings. The van der Waals surface area contributed by atoms with E-state index in [1.54, 1.807) is 49.6 Å². The Bertz CT molecular complexity index is 1020. The molecule has 3 rings (SSSR count). The number of thiol groups is 1. The van der Waals surface area contributed by atoms with Crippen molar-refractivity contribution < 1.29 is 24.2 Å². The van der Waals surface area contributed by atoms with Crippen LogP contribution < -0.4 is 19.7 Å². The quantitative estimate of drug-likeness (QED) is 0.286. The number of amides is 2. The molecule has 30 heavy (non-hydrogen) atoms. The number of phenolic OH excluding ortho intramolecular Hbond substituents is 1. The van der Waals surface area contributed by atoms with Gasteiger partial charge < -0.3 is 19.9 Å². The van der Waals surface area contributed by atoms with E-state index in [4.69, 9.17) is 9.47 Å². The van der Waals surface area contributed by atoms with Crippen molar-refractivity contribution in [2.24, 2.45) is 0 Å². The molecule has 156 valence electrons. The average molecular weight is 426 g/mol. The van der Waals surface area contributed by atoms with Crippen LogP contribution in [0.2, 0.25) is 0 Å². The normalized spacial score (nSPS) is 17.6. The lowest BCUT2D eigenvalue weighted by Gasteiger charge is -2.34. The molecule has 0 bridgehead atoms. The van der Waals surface area contributed by atoms with Gasteiger partial charge in [-0.1, -0.05) is 6.08 Å². The fourth-order valence-electron chi connectivity index (χ4n) is 3.13. The van der Waals surface area contributed by atoms with Gasteiger partial charge in [-0.3, -0.25) is 14.5 Å². The van der Waals surface area contributed by atoms with E-state index >= 15 is 0 Å². The van der Waals surface area contributed by atoms with Crippen molar-refractivity contribution in [3.05, 3.63) is 65.8 Å². The summed E-state index contributed by atoms with van der Waals surface area (Å²) in [6.45, 7) is 3.68. The third-order valence-corrected chi connectivity index (χ3v) is 4.98. The Labute approximate surface area is 180 Å². The van der Waals surface area contributed by atoms with Gasteiger partial charge in [-0.2, -0.15) is 0 Å². The predicted molar refractivity (Wildman–Crippen MR) is 118 cm³/mol. The third kappa shape index (κ3) is 4.13. The van der Waals surface area contributed by atoms with Gasteiger partial charge >= 0.3 is 0 Å². The lowest BCUT2D eigenvalue weighted by Crippen LogP contribution is -2.55. The van der Waals surface area contributed by atoms with E-state index in [1.165, 1.54) is 18.1 Å².